The second kappa shape index (κ2) is 8.22. The van der Waals surface area contributed by atoms with E-state index in [0.29, 0.717) is 16.6 Å². The summed E-state index contributed by atoms with van der Waals surface area (Å²) in [6.45, 7) is 3.62. The molecule has 0 radical (unpaired) electrons. The zero-order chi connectivity index (χ0) is 16.0. The van der Waals surface area contributed by atoms with Crippen LogP contribution in [0, 0.1) is 0 Å². The normalized spacial score (nSPS) is 11.9. The summed E-state index contributed by atoms with van der Waals surface area (Å²) in [5.74, 6) is -0.602. The van der Waals surface area contributed by atoms with Crippen molar-refractivity contribution < 1.29 is 14.7 Å². The Balaban J connectivity index is 2.80. The lowest BCUT2D eigenvalue weighted by Crippen LogP contribution is -2.41. The molecule has 0 aliphatic heterocycles. The molecule has 0 aliphatic carbocycles. The summed E-state index contributed by atoms with van der Waals surface area (Å²) in [6, 6.07) is 5.00. The predicted octanol–water partition coefficient (Wildman–Crippen LogP) is 1.84. The molecule has 1 atom stereocenters. The van der Waals surface area contributed by atoms with Crippen LogP contribution in [0.3, 0.4) is 0 Å². The van der Waals surface area contributed by atoms with Gasteiger partial charge in [0, 0.05) is 36.6 Å². The zero-order valence-electron chi connectivity index (χ0n) is 11.9. The molecule has 1 aromatic carbocycles. The van der Waals surface area contributed by atoms with Crippen LogP contribution in [-0.2, 0) is 16.1 Å². The summed E-state index contributed by atoms with van der Waals surface area (Å²) in [4.78, 5) is 24.3. The number of hydrogen-bond donors (Lipinski definition) is 2. The van der Waals surface area contributed by atoms with Gasteiger partial charge in [-0.2, -0.15) is 0 Å². The van der Waals surface area contributed by atoms with Crippen LogP contribution in [0.5, 0.6) is 0 Å². The maximum Gasteiger partial charge on any atom is 0.251 e. The first-order valence-electron chi connectivity index (χ1n) is 6.46. The Morgan fingerprint density at radius 3 is 2.57 bits per heavy atom. The molecule has 1 unspecified atom stereocenters. The average molecular weight is 333 g/mol. The number of nitrogens with one attached hydrogen (secondary N) is 1. The van der Waals surface area contributed by atoms with E-state index in [0.717, 1.165) is 5.56 Å². The van der Waals surface area contributed by atoms with Crippen molar-refractivity contribution in [3.63, 3.8) is 0 Å². The molecule has 0 bridgehead atoms. The molecule has 21 heavy (non-hydrogen) atoms. The quantitative estimate of drug-likeness (QED) is 0.835. The maximum atomic E-state index is 12.0. The Kier molecular flexibility index (Phi) is 6.95. The van der Waals surface area contributed by atoms with E-state index < -0.39 is 12.0 Å². The first-order chi connectivity index (χ1) is 9.81. The molecule has 0 aliphatic rings. The van der Waals surface area contributed by atoms with Crippen molar-refractivity contribution in [1.82, 2.24) is 10.2 Å². The van der Waals surface area contributed by atoms with Gasteiger partial charge >= 0.3 is 0 Å². The first-order valence-corrected chi connectivity index (χ1v) is 7.22. The van der Waals surface area contributed by atoms with E-state index in [2.05, 4.69) is 5.32 Å². The minimum absolute atomic E-state index is 0.177. The van der Waals surface area contributed by atoms with Gasteiger partial charge in [0.05, 0.1) is 0 Å². The number of hydrogen-bond acceptors (Lipinski definition) is 3. The lowest BCUT2D eigenvalue weighted by molar-refractivity contribution is -0.140. The number of halogens is 2. The highest BCUT2D eigenvalue weighted by Crippen LogP contribution is 2.22. The molecular formula is C14H18Cl2N2O3. The Hall–Kier alpha value is -1.30. The Bertz CT molecular complexity index is 521. The van der Waals surface area contributed by atoms with Crippen molar-refractivity contribution >= 4 is 35.0 Å². The van der Waals surface area contributed by atoms with Crippen molar-refractivity contribution in [3.8, 4) is 0 Å². The third kappa shape index (κ3) is 5.91. The molecule has 116 valence electrons. The highest BCUT2D eigenvalue weighted by atomic mass is 35.5. The number of aliphatic hydroxyl groups is 1. The van der Waals surface area contributed by atoms with Gasteiger partial charge < -0.3 is 15.3 Å². The number of carbonyl (C=O) groups excluding carboxylic acids is 2. The third-order valence-electron chi connectivity index (χ3n) is 2.80. The fraction of sp³-hybridized carbons (Fsp3) is 0.429. The molecule has 2 amide bonds. The van der Waals surface area contributed by atoms with E-state index in [4.69, 9.17) is 23.2 Å². The Morgan fingerprint density at radius 1 is 1.38 bits per heavy atom. The molecule has 7 heteroatoms. The Labute approximate surface area is 133 Å². The average Bonchev–Trinajstić information content (AvgIpc) is 2.38. The number of amides is 2. The zero-order valence-corrected chi connectivity index (χ0v) is 13.4. The van der Waals surface area contributed by atoms with Gasteiger partial charge in [0.1, 0.15) is 6.10 Å². The minimum Gasteiger partial charge on any atom is -0.384 e. The molecule has 0 saturated carbocycles. The summed E-state index contributed by atoms with van der Waals surface area (Å²) in [6.07, 6.45) is -1.12. The van der Waals surface area contributed by atoms with E-state index in [1.54, 1.807) is 18.2 Å². The predicted molar refractivity (Wildman–Crippen MR) is 82.2 cm³/mol. The molecule has 0 fully saturated rings. The molecule has 0 saturated heterocycles. The molecule has 2 N–H and O–H groups in total. The van der Waals surface area contributed by atoms with Crippen molar-refractivity contribution in [3.05, 3.63) is 33.8 Å². The van der Waals surface area contributed by atoms with Crippen molar-refractivity contribution in [2.45, 2.75) is 26.5 Å². The molecule has 0 aromatic heterocycles. The van der Waals surface area contributed by atoms with E-state index >= 15 is 0 Å². The van der Waals surface area contributed by atoms with Gasteiger partial charge in [-0.3, -0.25) is 9.59 Å². The molecular weight excluding hydrogens is 315 g/mol. The Morgan fingerprint density at radius 2 is 2.05 bits per heavy atom. The third-order valence-corrected chi connectivity index (χ3v) is 3.39. The minimum atomic E-state index is -1.12. The van der Waals surface area contributed by atoms with Crippen LogP contribution in [0.25, 0.3) is 0 Å². The monoisotopic (exact) mass is 332 g/mol. The fourth-order valence-electron chi connectivity index (χ4n) is 1.75. The van der Waals surface area contributed by atoms with Crippen molar-refractivity contribution in [2.24, 2.45) is 0 Å². The van der Waals surface area contributed by atoms with Crippen molar-refractivity contribution in [1.29, 1.82) is 0 Å². The van der Waals surface area contributed by atoms with Gasteiger partial charge in [-0.15, -0.1) is 0 Å². The lowest BCUT2D eigenvalue weighted by atomic mass is 10.2. The number of nitrogens with zero attached hydrogens (tertiary/aromatic N) is 1. The fourth-order valence-corrected chi connectivity index (χ4v) is 2.22. The van der Waals surface area contributed by atoms with E-state index in [1.807, 2.05) is 0 Å². The summed E-state index contributed by atoms with van der Waals surface area (Å²) < 4.78 is 0. The van der Waals surface area contributed by atoms with E-state index in [1.165, 1.54) is 18.7 Å². The van der Waals surface area contributed by atoms with Crippen LogP contribution in [0.2, 0.25) is 10.0 Å². The van der Waals surface area contributed by atoms with Gasteiger partial charge in [0.2, 0.25) is 5.91 Å². The van der Waals surface area contributed by atoms with Crippen LogP contribution >= 0.6 is 23.2 Å². The van der Waals surface area contributed by atoms with E-state index in [9.17, 15) is 14.7 Å². The lowest BCUT2D eigenvalue weighted by Gasteiger charge is -2.24. The molecule has 0 spiro atoms. The van der Waals surface area contributed by atoms with Crippen LogP contribution in [0.4, 0.5) is 0 Å². The maximum absolute atomic E-state index is 12.0. The van der Waals surface area contributed by atoms with Gasteiger partial charge in [0.25, 0.3) is 5.91 Å². The standard InChI is InChI=1S/C14H18Cl2N2O3/c1-9(19)14(21)18(6-5-17-10(2)20)8-11-3-4-12(15)7-13(11)16/h3-4,7,9,19H,5-6,8H2,1-2H3,(H,17,20). The van der Waals surface area contributed by atoms with Crippen LogP contribution in [0.15, 0.2) is 18.2 Å². The summed E-state index contributed by atoms with van der Waals surface area (Å²) in [5, 5.41) is 13.0. The largest absolute Gasteiger partial charge is 0.384 e. The van der Waals surface area contributed by atoms with Crippen LogP contribution in [0.1, 0.15) is 19.4 Å². The van der Waals surface area contributed by atoms with Gasteiger partial charge in [0.15, 0.2) is 0 Å². The number of benzene rings is 1. The second-order valence-corrected chi connectivity index (χ2v) is 5.50. The molecule has 0 heterocycles. The van der Waals surface area contributed by atoms with Crippen LogP contribution < -0.4 is 5.32 Å². The number of carbonyl (C=O) groups is 2. The van der Waals surface area contributed by atoms with Gasteiger partial charge in [-0.1, -0.05) is 29.3 Å². The number of aliphatic hydroxyl groups excluding tert-OH is 1. The smallest absolute Gasteiger partial charge is 0.251 e. The highest BCUT2D eigenvalue weighted by molar-refractivity contribution is 6.35. The van der Waals surface area contributed by atoms with Gasteiger partial charge in [-0.05, 0) is 24.6 Å². The molecule has 1 rings (SSSR count). The second-order valence-electron chi connectivity index (χ2n) is 4.65. The topological polar surface area (TPSA) is 69.6 Å². The SMILES string of the molecule is CC(=O)NCCN(Cc1ccc(Cl)cc1Cl)C(=O)C(C)O. The summed E-state index contributed by atoms with van der Waals surface area (Å²) >= 11 is 11.9. The highest BCUT2D eigenvalue weighted by Gasteiger charge is 2.19. The first kappa shape index (κ1) is 17.8. The number of rotatable bonds is 6. The molecule has 5 nitrogen and oxygen atoms in total. The van der Waals surface area contributed by atoms with Crippen LogP contribution in [-0.4, -0.2) is 41.0 Å². The summed E-state index contributed by atoms with van der Waals surface area (Å²) in [5.41, 5.74) is 0.720. The summed E-state index contributed by atoms with van der Waals surface area (Å²) in [7, 11) is 0. The van der Waals surface area contributed by atoms with E-state index in [-0.39, 0.29) is 19.0 Å². The van der Waals surface area contributed by atoms with Gasteiger partial charge in [-0.25, -0.2) is 0 Å². The van der Waals surface area contributed by atoms with Crippen molar-refractivity contribution in [2.75, 3.05) is 13.1 Å². The molecule has 1 aromatic rings.